The molecule has 1 amide bonds. The van der Waals surface area contributed by atoms with Gasteiger partial charge in [-0.1, -0.05) is 30.3 Å². The van der Waals surface area contributed by atoms with Crippen LogP contribution in [0.1, 0.15) is 5.56 Å². The standard InChI is InChI=1S/C22H19N3O3/c1-28-22-15(7-6-12-23-22)13-24-20(26)14-25-18-10-4-2-8-16(18)21(27)17-9-3-5-11-19(17)25/h2-12H,13-14H2,1H3,(H,24,26). The molecule has 2 heterocycles. The molecule has 0 radical (unpaired) electrons. The lowest BCUT2D eigenvalue weighted by Gasteiger charge is -2.15. The van der Waals surface area contributed by atoms with E-state index in [-0.39, 0.29) is 17.9 Å². The minimum Gasteiger partial charge on any atom is -0.481 e. The Kier molecular flexibility index (Phi) is 4.76. The smallest absolute Gasteiger partial charge is 0.240 e. The summed E-state index contributed by atoms with van der Waals surface area (Å²) in [6.07, 6.45) is 1.64. The van der Waals surface area contributed by atoms with Crippen LogP contribution in [0.5, 0.6) is 5.88 Å². The highest BCUT2D eigenvalue weighted by Crippen LogP contribution is 2.19. The zero-order chi connectivity index (χ0) is 19.5. The Bertz CT molecular complexity index is 1170. The van der Waals surface area contributed by atoms with E-state index in [1.165, 1.54) is 0 Å². The van der Waals surface area contributed by atoms with E-state index < -0.39 is 0 Å². The number of methoxy groups -OCH3 is 1. The fourth-order valence-electron chi connectivity index (χ4n) is 3.38. The molecule has 4 rings (SSSR count). The van der Waals surface area contributed by atoms with Crippen LogP contribution in [0.3, 0.4) is 0 Å². The van der Waals surface area contributed by atoms with Crippen LogP contribution in [0.2, 0.25) is 0 Å². The third-order valence-corrected chi connectivity index (χ3v) is 4.70. The topological polar surface area (TPSA) is 73.2 Å². The van der Waals surface area contributed by atoms with E-state index in [4.69, 9.17) is 4.74 Å². The van der Waals surface area contributed by atoms with Crippen molar-refractivity contribution in [2.24, 2.45) is 0 Å². The largest absolute Gasteiger partial charge is 0.481 e. The van der Waals surface area contributed by atoms with Gasteiger partial charge in [-0.3, -0.25) is 9.59 Å². The maximum atomic E-state index is 12.8. The first-order valence-corrected chi connectivity index (χ1v) is 8.94. The van der Waals surface area contributed by atoms with Crippen molar-refractivity contribution in [1.29, 1.82) is 0 Å². The minimum atomic E-state index is -0.162. The molecule has 0 spiro atoms. The monoisotopic (exact) mass is 373 g/mol. The normalized spacial score (nSPS) is 10.9. The predicted molar refractivity (Wildman–Crippen MR) is 108 cm³/mol. The molecule has 0 aliphatic heterocycles. The summed E-state index contributed by atoms with van der Waals surface area (Å²) in [4.78, 5) is 29.6. The van der Waals surface area contributed by atoms with Crippen LogP contribution in [-0.4, -0.2) is 22.6 Å². The van der Waals surface area contributed by atoms with Gasteiger partial charge >= 0.3 is 0 Å². The quantitative estimate of drug-likeness (QED) is 0.546. The number of nitrogens with zero attached hydrogens (tertiary/aromatic N) is 2. The van der Waals surface area contributed by atoms with Crippen LogP contribution in [0.25, 0.3) is 21.8 Å². The van der Waals surface area contributed by atoms with Gasteiger partial charge in [0.1, 0.15) is 6.54 Å². The summed E-state index contributed by atoms with van der Waals surface area (Å²) in [6.45, 7) is 0.412. The molecule has 0 aliphatic rings. The number of carbonyl (C=O) groups is 1. The number of ether oxygens (including phenoxy) is 1. The predicted octanol–water partition coefficient (Wildman–Crippen LogP) is 2.87. The molecule has 2 aromatic carbocycles. The van der Waals surface area contributed by atoms with Gasteiger partial charge in [-0.25, -0.2) is 4.98 Å². The van der Waals surface area contributed by atoms with Gasteiger partial charge in [0.25, 0.3) is 0 Å². The first kappa shape index (κ1) is 17.7. The number of fused-ring (bicyclic) bond motifs is 2. The Morgan fingerprint density at radius 1 is 1.00 bits per heavy atom. The average molecular weight is 373 g/mol. The second kappa shape index (κ2) is 7.52. The second-order valence-electron chi connectivity index (χ2n) is 6.40. The number of nitrogens with one attached hydrogen (secondary N) is 1. The number of rotatable bonds is 5. The summed E-state index contributed by atoms with van der Waals surface area (Å²) in [6, 6.07) is 18.4. The summed E-state index contributed by atoms with van der Waals surface area (Å²) >= 11 is 0. The Hall–Kier alpha value is -3.67. The minimum absolute atomic E-state index is 0.0250. The van der Waals surface area contributed by atoms with Crippen LogP contribution in [-0.2, 0) is 17.9 Å². The molecular weight excluding hydrogens is 354 g/mol. The lowest BCUT2D eigenvalue weighted by Crippen LogP contribution is -2.28. The Balaban J connectivity index is 1.68. The highest BCUT2D eigenvalue weighted by atomic mass is 16.5. The fraction of sp³-hybridized carbons (Fsp3) is 0.136. The van der Waals surface area contributed by atoms with Gasteiger partial charge in [0.2, 0.25) is 11.8 Å². The van der Waals surface area contributed by atoms with Crippen LogP contribution >= 0.6 is 0 Å². The van der Waals surface area contributed by atoms with Gasteiger partial charge < -0.3 is 14.6 Å². The number of hydrogen-bond acceptors (Lipinski definition) is 4. The molecule has 0 bridgehead atoms. The zero-order valence-corrected chi connectivity index (χ0v) is 15.4. The number of para-hydroxylation sites is 2. The van der Waals surface area contributed by atoms with Crippen LogP contribution in [0.4, 0.5) is 0 Å². The van der Waals surface area contributed by atoms with E-state index in [2.05, 4.69) is 10.3 Å². The molecule has 0 saturated heterocycles. The van der Waals surface area contributed by atoms with Crippen molar-refractivity contribution in [2.75, 3.05) is 7.11 Å². The third-order valence-electron chi connectivity index (χ3n) is 4.70. The zero-order valence-electron chi connectivity index (χ0n) is 15.4. The Morgan fingerprint density at radius 2 is 1.64 bits per heavy atom. The van der Waals surface area contributed by atoms with Crippen molar-refractivity contribution in [2.45, 2.75) is 13.1 Å². The lowest BCUT2D eigenvalue weighted by atomic mass is 10.1. The van der Waals surface area contributed by atoms with Gasteiger partial charge in [0, 0.05) is 29.1 Å². The van der Waals surface area contributed by atoms with Crippen molar-refractivity contribution in [1.82, 2.24) is 14.9 Å². The average Bonchev–Trinajstić information content (AvgIpc) is 2.75. The molecule has 4 aromatic rings. The van der Waals surface area contributed by atoms with E-state index in [0.717, 1.165) is 16.6 Å². The van der Waals surface area contributed by atoms with Crippen molar-refractivity contribution >= 4 is 27.7 Å². The van der Waals surface area contributed by atoms with Crippen LogP contribution in [0.15, 0.2) is 71.7 Å². The number of benzene rings is 2. The first-order valence-electron chi connectivity index (χ1n) is 8.94. The molecule has 6 heteroatoms. The second-order valence-corrected chi connectivity index (χ2v) is 6.40. The van der Waals surface area contributed by atoms with Gasteiger partial charge in [-0.2, -0.15) is 0 Å². The number of aromatic nitrogens is 2. The van der Waals surface area contributed by atoms with Crippen molar-refractivity contribution in [3.8, 4) is 5.88 Å². The summed E-state index contributed by atoms with van der Waals surface area (Å²) in [5.41, 5.74) is 2.25. The van der Waals surface area contributed by atoms with Crippen LogP contribution < -0.4 is 15.5 Å². The number of amides is 1. The van der Waals surface area contributed by atoms with Crippen LogP contribution in [0, 0.1) is 0 Å². The Labute approximate surface area is 161 Å². The number of hydrogen-bond donors (Lipinski definition) is 1. The maximum Gasteiger partial charge on any atom is 0.240 e. The molecule has 6 nitrogen and oxygen atoms in total. The van der Waals surface area contributed by atoms with Gasteiger partial charge in [-0.15, -0.1) is 0 Å². The van der Waals surface area contributed by atoms with Crippen molar-refractivity contribution in [3.63, 3.8) is 0 Å². The van der Waals surface area contributed by atoms with E-state index in [1.807, 2.05) is 47.0 Å². The molecule has 28 heavy (non-hydrogen) atoms. The summed E-state index contributed by atoms with van der Waals surface area (Å²) < 4.78 is 7.10. The SMILES string of the molecule is COc1ncccc1CNC(=O)Cn1c2ccccc2c(=O)c2ccccc21. The van der Waals surface area contributed by atoms with Crippen molar-refractivity contribution < 1.29 is 9.53 Å². The molecule has 0 fully saturated rings. The molecule has 2 aromatic heterocycles. The van der Waals surface area contributed by atoms with Gasteiger partial charge in [0.15, 0.2) is 5.43 Å². The van der Waals surface area contributed by atoms with E-state index >= 15 is 0 Å². The molecule has 1 N–H and O–H groups in total. The summed E-state index contributed by atoms with van der Waals surface area (Å²) in [5, 5.41) is 4.11. The number of carbonyl (C=O) groups excluding carboxylic acids is 1. The molecular formula is C22H19N3O3. The highest BCUT2D eigenvalue weighted by Gasteiger charge is 2.13. The van der Waals surface area contributed by atoms with E-state index in [0.29, 0.717) is 23.2 Å². The molecule has 0 aliphatic carbocycles. The summed E-state index contributed by atoms with van der Waals surface area (Å²) in [5.74, 6) is 0.326. The Morgan fingerprint density at radius 3 is 2.29 bits per heavy atom. The van der Waals surface area contributed by atoms with Gasteiger partial charge in [0.05, 0.1) is 18.1 Å². The highest BCUT2D eigenvalue weighted by molar-refractivity contribution is 5.94. The third kappa shape index (κ3) is 3.20. The molecule has 0 unspecified atom stereocenters. The first-order chi connectivity index (χ1) is 13.7. The molecule has 0 saturated carbocycles. The molecule has 140 valence electrons. The fourth-order valence-corrected chi connectivity index (χ4v) is 3.38. The summed E-state index contributed by atoms with van der Waals surface area (Å²) in [7, 11) is 1.55. The van der Waals surface area contributed by atoms with E-state index in [9.17, 15) is 9.59 Å². The lowest BCUT2D eigenvalue weighted by molar-refractivity contribution is -0.121. The maximum absolute atomic E-state index is 12.8. The van der Waals surface area contributed by atoms with E-state index in [1.54, 1.807) is 31.5 Å². The van der Waals surface area contributed by atoms with Gasteiger partial charge in [-0.05, 0) is 30.3 Å². The molecule has 0 atom stereocenters. The van der Waals surface area contributed by atoms with Crippen molar-refractivity contribution in [3.05, 3.63) is 82.6 Å². The number of pyridine rings is 2.